The molecule has 0 unspecified atom stereocenters. The number of unbranched alkanes of at least 4 members (excludes halogenated alkanes) is 1. The molecule has 0 fully saturated rings. The first-order valence-electron chi connectivity index (χ1n) is 7.33. The van der Waals surface area contributed by atoms with E-state index < -0.39 is 17.9 Å². The van der Waals surface area contributed by atoms with Crippen molar-refractivity contribution >= 4 is 17.9 Å². The lowest BCUT2D eigenvalue weighted by Crippen LogP contribution is -2.09. The molecule has 7 heteroatoms. The standard InChI is InChI=1S/C16H20O7/c17-13-7-2-1-6-12(13)16(21)23-11-4-3-10-22-15(20)9-5-8-14(18)19/h1-2,6-7,17H,3-5,8-11H2,(H,18,19). The maximum absolute atomic E-state index is 11.7. The number of hydrogen-bond donors (Lipinski definition) is 2. The second-order valence-corrected chi connectivity index (χ2v) is 4.83. The number of hydrogen-bond acceptors (Lipinski definition) is 6. The van der Waals surface area contributed by atoms with Crippen molar-refractivity contribution in [1.29, 1.82) is 0 Å². The van der Waals surface area contributed by atoms with E-state index in [1.807, 2.05) is 0 Å². The third-order valence-electron chi connectivity index (χ3n) is 2.93. The Morgan fingerprint density at radius 3 is 2.22 bits per heavy atom. The molecule has 2 N–H and O–H groups in total. The second-order valence-electron chi connectivity index (χ2n) is 4.83. The van der Waals surface area contributed by atoms with Crippen molar-refractivity contribution in [3.05, 3.63) is 29.8 Å². The molecule has 0 saturated heterocycles. The van der Waals surface area contributed by atoms with Crippen LogP contribution in [-0.2, 0) is 19.1 Å². The third-order valence-corrected chi connectivity index (χ3v) is 2.93. The number of aromatic hydroxyl groups is 1. The number of carboxylic acids is 1. The molecule has 0 aliphatic carbocycles. The van der Waals surface area contributed by atoms with Crippen molar-refractivity contribution in [2.45, 2.75) is 32.1 Å². The molecule has 0 spiro atoms. The van der Waals surface area contributed by atoms with Gasteiger partial charge in [-0.2, -0.15) is 0 Å². The van der Waals surface area contributed by atoms with Gasteiger partial charge in [-0.05, 0) is 31.4 Å². The third kappa shape index (κ3) is 7.85. The van der Waals surface area contributed by atoms with Crippen LogP contribution in [0.4, 0.5) is 0 Å². The van der Waals surface area contributed by atoms with Crippen LogP contribution in [0.5, 0.6) is 5.75 Å². The van der Waals surface area contributed by atoms with Gasteiger partial charge in [0.15, 0.2) is 0 Å². The van der Waals surface area contributed by atoms with E-state index in [0.29, 0.717) is 12.8 Å². The Bertz CT molecular complexity index is 539. The fraction of sp³-hybridized carbons (Fsp3) is 0.438. The summed E-state index contributed by atoms with van der Waals surface area (Å²) in [6.07, 6.45) is 1.32. The van der Waals surface area contributed by atoms with Crippen LogP contribution >= 0.6 is 0 Å². The van der Waals surface area contributed by atoms with E-state index in [1.165, 1.54) is 12.1 Å². The summed E-state index contributed by atoms with van der Waals surface area (Å²) in [4.78, 5) is 33.2. The number of phenolic OH excluding ortho intramolecular Hbond substituents is 1. The number of rotatable bonds is 10. The summed E-state index contributed by atoms with van der Waals surface area (Å²) in [5.41, 5.74) is 0.109. The number of para-hydroxylation sites is 1. The average Bonchev–Trinajstić information content (AvgIpc) is 2.50. The van der Waals surface area contributed by atoms with E-state index in [-0.39, 0.29) is 43.8 Å². The zero-order valence-electron chi connectivity index (χ0n) is 12.7. The minimum absolute atomic E-state index is 0.0582. The van der Waals surface area contributed by atoms with Gasteiger partial charge in [0, 0.05) is 12.8 Å². The van der Waals surface area contributed by atoms with Crippen molar-refractivity contribution in [3.63, 3.8) is 0 Å². The van der Waals surface area contributed by atoms with Crippen LogP contribution < -0.4 is 0 Å². The Morgan fingerprint density at radius 2 is 1.57 bits per heavy atom. The highest BCUT2D eigenvalue weighted by Crippen LogP contribution is 2.16. The Hall–Kier alpha value is -2.57. The van der Waals surface area contributed by atoms with Crippen LogP contribution in [0.1, 0.15) is 42.5 Å². The van der Waals surface area contributed by atoms with Gasteiger partial charge in [-0.15, -0.1) is 0 Å². The van der Waals surface area contributed by atoms with Gasteiger partial charge in [-0.25, -0.2) is 4.79 Å². The summed E-state index contributed by atoms with van der Waals surface area (Å²) < 4.78 is 9.92. The van der Waals surface area contributed by atoms with Crippen LogP contribution in [-0.4, -0.2) is 41.3 Å². The quantitative estimate of drug-likeness (QED) is 0.501. The van der Waals surface area contributed by atoms with E-state index >= 15 is 0 Å². The summed E-state index contributed by atoms with van der Waals surface area (Å²) in [6, 6.07) is 6.11. The van der Waals surface area contributed by atoms with Gasteiger partial charge in [0.05, 0.1) is 13.2 Å². The van der Waals surface area contributed by atoms with Gasteiger partial charge in [-0.1, -0.05) is 12.1 Å². The molecule has 7 nitrogen and oxygen atoms in total. The molecule has 1 aromatic rings. The topological polar surface area (TPSA) is 110 Å². The van der Waals surface area contributed by atoms with Gasteiger partial charge in [0.2, 0.25) is 0 Å². The fourth-order valence-electron chi connectivity index (χ4n) is 1.74. The maximum Gasteiger partial charge on any atom is 0.341 e. The Balaban J connectivity index is 2.07. The molecule has 0 aliphatic rings. The van der Waals surface area contributed by atoms with E-state index in [0.717, 1.165) is 0 Å². The molecule has 0 saturated carbocycles. The number of carbonyl (C=O) groups is 3. The minimum atomic E-state index is -0.941. The van der Waals surface area contributed by atoms with Crippen molar-refractivity contribution in [2.24, 2.45) is 0 Å². The summed E-state index contributed by atoms with van der Waals surface area (Å²) in [5, 5.41) is 17.9. The van der Waals surface area contributed by atoms with Crippen LogP contribution in [0.15, 0.2) is 24.3 Å². The molecule has 0 bridgehead atoms. The van der Waals surface area contributed by atoms with Gasteiger partial charge in [0.1, 0.15) is 11.3 Å². The number of esters is 2. The lowest BCUT2D eigenvalue weighted by atomic mass is 10.2. The van der Waals surface area contributed by atoms with Gasteiger partial charge in [0.25, 0.3) is 0 Å². The monoisotopic (exact) mass is 324 g/mol. The molecule has 0 amide bonds. The molecule has 23 heavy (non-hydrogen) atoms. The highest BCUT2D eigenvalue weighted by molar-refractivity contribution is 5.92. The van der Waals surface area contributed by atoms with Crippen molar-refractivity contribution < 1.29 is 34.1 Å². The smallest absolute Gasteiger partial charge is 0.341 e. The Morgan fingerprint density at radius 1 is 0.913 bits per heavy atom. The predicted octanol–water partition coefficient (Wildman–Crippen LogP) is 2.13. The molecular weight excluding hydrogens is 304 g/mol. The fourth-order valence-corrected chi connectivity index (χ4v) is 1.74. The van der Waals surface area contributed by atoms with Crippen LogP contribution in [0.3, 0.4) is 0 Å². The molecule has 0 atom stereocenters. The molecule has 0 radical (unpaired) electrons. The zero-order valence-corrected chi connectivity index (χ0v) is 12.7. The Labute approximate surface area is 133 Å². The number of aliphatic carboxylic acids is 1. The minimum Gasteiger partial charge on any atom is -0.507 e. The number of phenols is 1. The van der Waals surface area contributed by atoms with E-state index in [4.69, 9.17) is 14.6 Å². The molecule has 1 aromatic carbocycles. The largest absolute Gasteiger partial charge is 0.507 e. The summed E-state index contributed by atoms with van der Waals surface area (Å²) in [5.74, 6) is -2.11. The number of benzene rings is 1. The zero-order chi connectivity index (χ0) is 17.1. The number of carboxylic acid groups (broad SMARTS) is 1. The highest BCUT2D eigenvalue weighted by atomic mass is 16.5. The van der Waals surface area contributed by atoms with Crippen molar-refractivity contribution in [3.8, 4) is 5.75 Å². The summed E-state index contributed by atoms with van der Waals surface area (Å²) >= 11 is 0. The Kier molecular flexibility index (Phi) is 8.20. The maximum atomic E-state index is 11.7. The summed E-state index contributed by atoms with van der Waals surface area (Å²) in [6.45, 7) is 0.351. The highest BCUT2D eigenvalue weighted by Gasteiger charge is 2.11. The normalized spacial score (nSPS) is 10.1. The average molecular weight is 324 g/mol. The first kappa shape index (κ1) is 18.5. The van der Waals surface area contributed by atoms with Gasteiger partial charge >= 0.3 is 17.9 Å². The SMILES string of the molecule is O=C(O)CCCC(=O)OCCCCOC(=O)c1ccccc1O. The molecule has 126 valence electrons. The number of ether oxygens (including phenoxy) is 2. The molecule has 0 heterocycles. The number of carbonyl (C=O) groups excluding carboxylic acids is 2. The first-order chi connectivity index (χ1) is 11.0. The molecule has 1 rings (SSSR count). The van der Waals surface area contributed by atoms with E-state index in [1.54, 1.807) is 12.1 Å². The molecule has 0 aliphatic heterocycles. The van der Waals surface area contributed by atoms with Crippen LogP contribution in [0.2, 0.25) is 0 Å². The van der Waals surface area contributed by atoms with E-state index in [2.05, 4.69) is 0 Å². The lowest BCUT2D eigenvalue weighted by Gasteiger charge is -2.07. The molecule has 0 aromatic heterocycles. The second kappa shape index (κ2) is 10.2. The van der Waals surface area contributed by atoms with E-state index in [9.17, 15) is 19.5 Å². The van der Waals surface area contributed by atoms with Crippen LogP contribution in [0.25, 0.3) is 0 Å². The molecular formula is C16H20O7. The van der Waals surface area contributed by atoms with Gasteiger partial charge in [-0.3, -0.25) is 9.59 Å². The summed E-state index contributed by atoms with van der Waals surface area (Å²) in [7, 11) is 0. The van der Waals surface area contributed by atoms with Crippen molar-refractivity contribution in [2.75, 3.05) is 13.2 Å². The van der Waals surface area contributed by atoms with Crippen LogP contribution in [0, 0.1) is 0 Å². The predicted molar refractivity (Wildman–Crippen MR) is 80.1 cm³/mol. The lowest BCUT2D eigenvalue weighted by molar-refractivity contribution is -0.144. The van der Waals surface area contributed by atoms with Gasteiger partial charge < -0.3 is 19.7 Å². The van der Waals surface area contributed by atoms with Crippen molar-refractivity contribution in [1.82, 2.24) is 0 Å². The first-order valence-corrected chi connectivity index (χ1v) is 7.33.